The van der Waals surface area contributed by atoms with Gasteiger partial charge in [0.25, 0.3) is 0 Å². The van der Waals surface area contributed by atoms with E-state index in [4.69, 9.17) is 0 Å². The smallest absolute Gasteiger partial charge is 0.193 e. The summed E-state index contributed by atoms with van der Waals surface area (Å²) in [7, 11) is 0. The van der Waals surface area contributed by atoms with Crippen molar-refractivity contribution in [2.24, 2.45) is 5.92 Å². The maximum atomic E-state index is 4.39. The second-order valence-electron chi connectivity index (χ2n) is 5.14. The first-order chi connectivity index (χ1) is 8.83. The summed E-state index contributed by atoms with van der Waals surface area (Å²) in [5.41, 5.74) is 1.35. The van der Waals surface area contributed by atoms with E-state index < -0.39 is 0 Å². The predicted molar refractivity (Wildman–Crippen MR) is 75.1 cm³/mol. The summed E-state index contributed by atoms with van der Waals surface area (Å²) >= 11 is 1.69. The molecular formula is C14H19N3S. The molecule has 2 aromatic rings. The van der Waals surface area contributed by atoms with Gasteiger partial charge in [-0.05, 0) is 44.0 Å². The molecule has 18 heavy (non-hydrogen) atoms. The van der Waals surface area contributed by atoms with Gasteiger partial charge in [-0.2, -0.15) is 0 Å². The van der Waals surface area contributed by atoms with Gasteiger partial charge in [0.1, 0.15) is 0 Å². The van der Waals surface area contributed by atoms with Crippen molar-refractivity contribution in [3.63, 3.8) is 0 Å². The fraction of sp³-hybridized carbons (Fsp3) is 0.500. The highest BCUT2D eigenvalue weighted by atomic mass is 32.1. The Labute approximate surface area is 112 Å². The molecule has 96 valence electrons. The van der Waals surface area contributed by atoms with E-state index in [9.17, 15) is 0 Å². The van der Waals surface area contributed by atoms with Crippen LogP contribution in [0, 0.1) is 5.92 Å². The van der Waals surface area contributed by atoms with Crippen LogP contribution in [-0.2, 0) is 6.54 Å². The predicted octanol–water partition coefficient (Wildman–Crippen LogP) is 3.17. The molecule has 1 aliphatic heterocycles. The summed E-state index contributed by atoms with van der Waals surface area (Å²) < 4.78 is 2.21. The third-order valence-electron chi connectivity index (χ3n) is 3.72. The molecule has 3 heterocycles. The fourth-order valence-electron chi connectivity index (χ4n) is 2.52. The maximum Gasteiger partial charge on any atom is 0.193 e. The van der Waals surface area contributed by atoms with Crippen LogP contribution in [0.1, 0.15) is 25.5 Å². The van der Waals surface area contributed by atoms with Crippen molar-refractivity contribution in [1.82, 2.24) is 14.5 Å². The lowest BCUT2D eigenvalue weighted by Gasteiger charge is -2.30. The zero-order valence-electron chi connectivity index (χ0n) is 10.7. The minimum atomic E-state index is 0.895. The second-order valence-corrected chi connectivity index (χ2v) is 6.02. The molecule has 0 bridgehead atoms. The van der Waals surface area contributed by atoms with Crippen molar-refractivity contribution in [3.05, 3.63) is 35.6 Å². The van der Waals surface area contributed by atoms with Gasteiger partial charge in [0.15, 0.2) is 5.13 Å². The van der Waals surface area contributed by atoms with Gasteiger partial charge in [-0.3, -0.25) is 9.47 Å². The molecule has 3 rings (SSSR count). The normalized spacial score (nSPS) is 18.3. The molecule has 1 aliphatic rings. The first-order valence-electron chi connectivity index (χ1n) is 6.61. The Bertz CT molecular complexity index is 481. The van der Waals surface area contributed by atoms with E-state index in [0.29, 0.717) is 0 Å². The number of thiazole rings is 1. The third kappa shape index (κ3) is 2.49. The lowest BCUT2D eigenvalue weighted by molar-refractivity contribution is 0.182. The van der Waals surface area contributed by atoms with Gasteiger partial charge in [0.05, 0.1) is 0 Å². The van der Waals surface area contributed by atoms with Crippen LogP contribution in [0.3, 0.4) is 0 Å². The number of nitrogens with zero attached hydrogens (tertiary/aromatic N) is 3. The van der Waals surface area contributed by atoms with E-state index in [0.717, 1.165) is 17.6 Å². The highest BCUT2D eigenvalue weighted by Gasteiger charge is 2.17. The minimum absolute atomic E-state index is 0.895. The van der Waals surface area contributed by atoms with Crippen molar-refractivity contribution in [3.8, 4) is 5.13 Å². The Kier molecular flexibility index (Phi) is 3.48. The van der Waals surface area contributed by atoms with Crippen LogP contribution in [-0.4, -0.2) is 27.5 Å². The monoisotopic (exact) mass is 261 g/mol. The first-order valence-corrected chi connectivity index (χ1v) is 7.49. The molecule has 0 N–H and O–H groups in total. The van der Waals surface area contributed by atoms with Crippen molar-refractivity contribution in [2.45, 2.75) is 26.3 Å². The molecular weight excluding hydrogens is 242 g/mol. The van der Waals surface area contributed by atoms with E-state index in [1.165, 1.54) is 31.6 Å². The van der Waals surface area contributed by atoms with Gasteiger partial charge < -0.3 is 0 Å². The number of aromatic nitrogens is 2. The molecule has 4 heteroatoms. The Morgan fingerprint density at radius 1 is 1.39 bits per heavy atom. The topological polar surface area (TPSA) is 21.1 Å². The van der Waals surface area contributed by atoms with Crippen LogP contribution in [0.25, 0.3) is 5.13 Å². The van der Waals surface area contributed by atoms with Crippen LogP contribution in [0.4, 0.5) is 0 Å². The summed E-state index contributed by atoms with van der Waals surface area (Å²) in [6.07, 6.45) is 6.64. The van der Waals surface area contributed by atoms with Crippen LogP contribution in [0.2, 0.25) is 0 Å². The molecule has 3 nitrogen and oxygen atoms in total. The van der Waals surface area contributed by atoms with Gasteiger partial charge in [0, 0.05) is 30.0 Å². The van der Waals surface area contributed by atoms with Crippen molar-refractivity contribution >= 4 is 11.3 Å². The zero-order valence-corrected chi connectivity index (χ0v) is 11.6. The number of rotatable bonds is 3. The zero-order chi connectivity index (χ0) is 12.4. The molecule has 0 spiro atoms. The highest BCUT2D eigenvalue weighted by molar-refractivity contribution is 7.12. The lowest BCUT2D eigenvalue weighted by Crippen LogP contribution is -2.32. The Balaban J connectivity index is 1.72. The number of hydrogen-bond acceptors (Lipinski definition) is 3. The minimum Gasteiger partial charge on any atom is -0.298 e. The molecule has 2 aromatic heterocycles. The number of hydrogen-bond donors (Lipinski definition) is 0. The van der Waals surface area contributed by atoms with Gasteiger partial charge in [-0.1, -0.05) is 6.92 Å². The standard InChI is InChI=1S/C14H19N3S/c1-12-4-8-16(9-5-12)11-13-3-2-7-17(13)14-15-6-10-18-14/h2-3,6-7,10,12H,4-5,8-9,11H2,1H3. The largest absolute Gasteiger partial charge is 0.298 e. The van der Waals surface area contributed by atoms with E-state index in [1.54, 1.807) is 11.3 Å². The lowest BCUT2D eigenvalue weighted by atomic mass is 9.99. The molecule has 1 saturated heterocycles. The molecule has 0 aromatic carbocycles. The van der Waals surface area contributed by atoms with Gasteiger partial charge in [-0.15, -0.1) is 11.3 Å². The quantitative estimate of drug-likeness (QED) is 0.846. The molecule has 0 unspecified atom stereocenters. The molecule has 0 saturated carbocycles. The van der Waals surface area contributed by atoms with Crippen molar-refractivity contribution in [2.75, 3.05) is 13.1 Å². The summed E-state index contributed by atoms with van der Waals surface area (Å²) in [4.78, 5) is 6.94. The number of likely N-dealkylation sites (tertiary alicyclic amines) is 1. The van der Waals surface area contributed by atoms with Gasteiger partial charge in [0.2, 0.25) is 0 Å². The van der Waals surface area contributed by atoms with E-state index in [-0.39, 0.29) is 0 Å². The Morgan fingerprint density at radius 3 is 2.94 bits per heavy atom. The van der Waals surface area contributed by atoms with E-state index >= 15 is 0 Å². The SMILES string of the molecule is CC1CCN(Cc2cccn2-c2nccs2)CC1. The molecule has 0 atom stereocenters. The van der Waals surface area contributed by atoms with Crippen LogP contribution in [0.15, 0.2) is 29.9 Å². The van der Waals surface area contributed by atoms with E-state index in [2.05, 4.69) is 39.7 Å². The summed E-state index contributed by atoms with van der Waals surface area (Å²) in [5, 5.41) is 3.10. The Hall–Kier alpha value is -1.13. The van der Waals surface area contributed by atoms with Gasteiger partial charge >= 0.3 is 0 Å². The first kappa shape index (κ1) is 11.9. The molecule has 0 amide bonds. The molecule has 0 aliphatic carbocycles. The summed E-state index contributed by atoms with van der Waals surface area (Å²) in [6.45, 7) is 5.85. The molecule has 0 radical (unpaired) electrons. The average Bonchev–Trinajstić information content (AvgIpc) is 3.02. The van der Waals surface area contributed by atoms with Gasteiger partial charge in [-0.25, -0.2) is 4.98 Å². The fourth-order valence-corrected chi connectivity index (χ4v) is 3.17. The van der Waals surface area contributed by atoms with Crippen molar-refractivity contribution < 1.29 is 0 Å². The summed E-state index contributed by atoms with van der Waals surface area (Å²) in [6, 6.07) is 4.32. The average molecular weight is 261 g/mol. The highest BCUT2D eigenvalue weighted by Crippen LogP contribution is 2.20. The third-order valence-corrected chi connectivity index (χ3v) is 4.49. The molecule has 1 fully saturated rings. The van der Waals surface area contributed by atoms with Crippen LogP contribution < -0.4 is 0 Å². The van der Waals surface area contributed by atoms with E-state index in [1.807, 2.05) is 11.6 Å². The number of piperidine rings is 1. The van der Waals surface area contributed by atoms with Crippen molar-refractivity contribution in [1.29, 1.82) is 0 Å². The second kappa shape index (κ2) is 5.24. The van der Waals surface area contributed by atoms with Crippen LogP contribution >= 0.6 is 11.3 Å². The Morgan fingerprint density at radius 2 is 2.22 bits per heavy atom. The van der Waals surface area contributed by atoms with Crippen LogP contribution in [0.5, 0.6) is 0 Å². The maximum absolute atomic E-state index is 4.39. The summed E-state index contributed by atoms with van der Waals surface area (Å²) in [5.74, 6) is 0.895.